The summed E-state index contributed by atoms with van der Waals surface area (Å²) in [5.74, 6) is 0.233. The summed E-state index contributed by atoms with van der Waals surface area (Å²) in [5.41, 5.74) is 0. The Morgan fingerprint density at radius 3 is 2.84 bits per heavy atom. The highest BCUT2D eigenvalue weighted by Crippen LogP contribution is 2.24. The fraction of sp³-hybridized carbons (Fsp3) is 0.231. The highest BCUT2D eigenvalue weighted by molar-refractivity contribution is 7.15. The maximum Gasteiger partial charge on any atom is 0.266 e. The van der Waals surface area contributed by atoms with Crippen LogP contribution in [0.3, 0.4) is 0 Å². The first kappa shape index (κ1) is 13.8. The van der Waals surface area contributed by atoms with E-state index in [0.717, 1.165) is 4.88 Å². The van der Waals surface area contributed by atoms with Crippen LogP contribution >= 0.6 is 22.9 Å². The summed E-state index contributed by atoms with van der Waals surface area (Å²) in [5, 5.41) is 3.75. The third kappa shape index (κ3) is 3.68. The highest BCUT2D eigenvalue weighted by atomic mass is 35.5. The molecule has 0 bridgehead atoms. The molecule has 0 spiro atoms. The number of anilines is 1. The second-order valence-corrected chi connectivity index (χ2v) is 5.60. The largest absolute Gasteiger partial charge is 0.479 e. The van der Waals surface area contributed by atoms with E-state index in [9.17, 15) is 4.79 Å². The number of hydrogen-bond acceptors (Lipinski definition) is 4. The summed E-state index contributed by atoms with van der Waals surface area (Å²) < 4.78 is 5.52. The molecule has 0 aliphatic carbocycles. The summed E-state index contributed by atoms with van der Waals surface area (Å²) >= 11 is 7.39. The first-order valence-electron chi connectivity index (χ1n) is 5.71. The number of carbonyl (C=O) groups is 1. The molecule has 1 atom stereocenters. The number of nitrogens with one attached hydrogen (secondary N) is 1. The van der Waals surface area contributed by atoms with Gasteiger partial charge < -0.3 is 4.74 Å². The Bertz CT molecular complexity index is 586. The minimum atomic E-state index is -0.649. The van der Waals surface area contributed by atoms with Crippen LogP contribution in [0.5, 0.6) is 5.75 Å². The molecule has 1 unspecified atom stereocenters. The summed E-state index contributed by atoms with van der Waals surface area (Å²) in [6.45, 7) is 3.59. The van der Waals surface area contributed by atoms with Crippen LogP contribution < -0.4 is 10.1 Å². The zero-order valence-electron chi connectivity index (χ0n) is 10.5. The number of hydrogen-bond donors (Lipinski definition) is 1. The SMILES string of the molecule is Cc1cnc(NC(=O)C(C)Oc2ccccc2Cl)s1. The van der Waals surface area contributed by atoms with Crippen LogP contribution in [0.1, 0.15) is 11.8 Å². The Morgan fingerprint density at radius 1 is 1.47 bits per heavy atom. The zero-order valence-corrected chi connectivity index (χ0v) is 12.1. The summed E-state index contributed by atoms with van der Waals surface area (Å²) in [7, 11) is 0. The number of amides is 1. The molecule has 0 radical (unpaired) electrons. The standard InChI is InChI=1S/C13H13ClN2O2S/c1-8-7-15-13(19-8)16-12(17)9(2)18-11-6-4-3-5-10(11)14/h3-7,9H,1-2H3,(H,15,16,17). The van der Waals surface area contributed by atoms with Gasteiger partial charge in [0.1, 0.15) is 5.75 Å². The summed E-state index contributed by atoms with van der Waals surface area (Å²) in [4.78, 5) is 17.0. The van der Waals surface area contributed by atoms with E-state index in [2.05, 4.69) is 10.3 Å². The molecule has 1 N–H and O–H groups in total. The monoisotopic (exact) mass is 296 g/mol. The number of halogens is 1. The van der Waals surface area contributed by atoms with Gasteiger partial charge in [-0.05, 0) is 26.0 Å². The van der Waals surface area contributed by atoms with Gasteiger partial charge in [-0.15, -0.1) is 11.3 Å². The number of ether oxygens (including phenoxy) is 1. The predicted octanol–water partition coefficient (Wildman–Crippen LogP) is 3.51. The Hall–Kier alpha value is -1.59. The lowest BCUT2D eigenvalue weighted by molar-refractivity contribution is -0.122. The van der Waals surface area contributed by atoms with Gasteiger partial charge in [-0.25, -0.2) is 4.98 Å². The molecule has 19 heavy (non-hydrogen) atoms. The molecule has 2 aromatic rings. The molecule has 1 heterocycles. The molecule has 0 aliphatic rings. The third-order valence-corrected chi connectivity index (χ3v) is 3.50. The number of benzene rings is 1. The van der Waals surface area contributed by atoms with Crippen LogP contribution in [0, 0.1) is 6.92 Å². The van der Waals surface area contributed by atoms with Crippen molar-refractivity contribution in [2.45, 2.75) is 20.0 Å². The number of thiazole rings is 1. The van der Waals surface area contributed by atoms with Crippen molar-refractivity contribution in [3.63, 3.8) is 0 Å². The molecule has 1 amide bonds. The van der Waals surface area contributed by atoms with Crippen molar-refractivity contribution in [1.29, 1.82) is 0 Å². The van der Waals surface area contributed by atoms with Gasteiger partial charge in [0, 0.05) is 11.1 Å². The highest BCUT2D eigenvalue weighted by Gasteiger charge is 2.17. The van der Waals surface area contributed by atoms with E-state index >= 15 is 0 Å². The van der Waals surface area contributed by atoms with Gasteiger partial charge in [0.2, 0.25) is 0 Å². The van der Waals surface area contributed by atoms with Crippen LogP contribution in [0.4, 0.5) is 5.13 Å². The van der Waals surface area contributed by atoms with E-state index in [1.807, 2.05) is 6.92 Å². The van der Waals surface area contributed by atoms with Crippen molar-refractivity contribution in [2.24, 2.45) is 0 Å². The van der Waals surface area contributed by atoms with Gasteiger partial charge in [0.25, 0.3) is 5.91 Å². The molecule has 0 fully saturated rings. The lowest BCUT2D eigenvalue weighted by atomic mass is 10.3. The van der Waals surface area contributed by atoms with Crippen molar-refractivity contribution in [1.82, 2.24) is 4.98 Å². The van der Waals surface area contributed by atoms with Gasteiger partial charge in [-0.3, -0.25) is 10.1 Å². The quantitative estimate of drug-likeness (QED) is 0.939. The number of aryl methyl sites for hydroxylation is 1. The van der Waals surface area contributed by atoms with Crippen molar-refractivity contribution in [2.75, 3.05) is 5.32 Å². The van der Waals surface area contributed by atoms with Crippen LogP contribution in [0.25, 0.3) is 0 Å². The van der Waals surface area contributed by atoms with Crippen LogP contribution in [-0.2, 0) is 4.79 Å². The van der Waals surface area contributed by atoms with Crippen LogP contribution in [0.15, 0.2) is 30.5 Å². The van der Waals surface area contributed by atoms with Gasteiger partial charge in [0.15, 0.2) is 11.2 Å². The normalized spacial score (nSPS) is 11.9. The zero-order chi connectivity index (χ0) is 13.8. The third-order valence-electron chi connectivity index (χ3n) is 2.36. The Morgan fingerprint density at radius 2 is 2.21 bits per heavy atom. The molecule has 1 aromatic carbocycles. The average Bonchev–Trinajstić information content (AvgIpc) is 2.77. The van der Waals surface area contributed by atoms with E-state index in [0.29, 0.717) is 15.9 Å². The van der Waals surface area contributed by atoms with Gasteiger partial charge in [-0.1, -0.05) is 23.7 Å². The molecule has 1 aromatic heterocycles. The molecule has 0 saturated heterocycles. The number of para-hydroxylation sites is 1. The number of aromatic nitrogens is 1. The Kier molecular flexibility index (Phi) is 4.39. The van der Waals surface area contributed by atoms with Crippen molar-refractivity contribution in [3.05, 3.63) is 40.4 Å². The van der Waals surface area contributed by atoms with E-state index in [1.165, 1.54) is 11.3 Å². The minimum Gasteiger partial charge on any atom is -0.479 e. The number of nitrogens with zero attached hydrogens (tertiary/aromatic N) is 1. The van der Waals surface area contributed by atoms with Crippen molar-refractivity contribution >= 4 is 34.0 Å². The minimum absolute atomic E-state index is 0.255. The summed E-state index contributed by atoms with van der Waals surface area (Å²) in [6.07, 6.45) is 1.06. The topological polar surface area (TPSA) is 51.2 Å². The van der Waals surface area contributed by atoms with Gasteiger partial charge in [0.05, 0.1) is 5.02 Å². The molecule has 0 saturated carbocycles. The Balaban J connectivity index is 1.98. The maximum absolute atomic E-state index is 11.9. The molecule has 2 rings (SSSR count). The first-order valence-corrected chi connectivity index (χ1v) is 6.90. The Labute approximate surface area is 120 Å². The van der Waals surface area contributed by atoms with E-state index in [-0.39, 0.29) is 5.91 Å². The number of carbonyl (C=O) groups excluding carboxylic acids is 1. The van der Waals surface area contributed by atoms with Crippen molar-refractivity contribution < 1.29 is 9.53 Å². The fourth-order valence-electron chi connectivity index (χ4n) is 1.40. The summed E-state index contributed by atoms with van der Waals surface area (Å²) in [6, 6.07) is 7.04. The van der Waals surface area contributed by atoms with Crippen molar-refractivity contribution in [3.8, 4) is 5.75 Å². The van der Waals surface area contributed by atoms with Crippen LogP contribution in [-0.4, -0.2) is 17.0 Å². The second-order valence-electron chi connectivity index (χ2n) is 3.96. The first-order chi connectivity index (χ1) is 9.06. The van der Waals surface area contributed by atoms with Gasteiger partial charge >= 0.3 is 0 Å². The smallest absolute Gasteiger partial charge is 0.266 e. The van der Waals surface area contributed by atoms with Gasteiger partial charge in [-0.2, -0.15) is 0 Å². The lowest BCUT2D eigenvalue weighted by Gasteiger charge is -2.14. The average molecular weight is 297 g/mol. The molecule has 0 aliphatic heterocycles. The van der Waals surface area contributed by atoms with Crippen LogP contribution in [0.2, 0.25) is 5.02 Å². The predicted molar refractivity (Wildman–Crippen MR) is 77.0 cm³/mol. The molecule has 6 heteroatoms. The van der Waals surface area contributed by atoms with E-state index in [1.54, 1.807) is 37.4 Å². The molecule has 100 valence electrons. The maximum atomic E-state index is 11.9. The lowest BCUT2D eigenvalue weighted by Crippen LogP contribution is -2.30. The number of rotatable bonds is 4. The van der Waals surface area contributed by atoms with E-state index < -0.39 is 6.10 Å². The molecular weight excluding hydrogens is 284 g/mol. The van der Waals surface area contributed by atoms with E-state index in [4.69, 9.17) is 16.3 Å². The molecule has 4 nitrogen and oxygen atoms in total. The fourth-order valence-corrected chi connectivity index (χ4v) is 2.25. The molecular formula is C13H13ClN2O2S. The second kappa shape index (κ2) is 6.04.